The lowest BCUT2D eigenvalue weighted by molar-refractivity contribution is -0.212. The molecule has 8 atom stereocenters. The zero-order valence-corrected chi connectivity index (χ0v) is 14.6. The van der Waals surface area contributed by atoms with Crippen LogP contribution in [0.25, 0.3) is 0 Å². The van der Waals surface area contributed by atoms with Gasteiger partial charge in [-0.2, -0.15) is 0 Å². The van der Waals surface area contributed by atoms with Crippen LogP contribution in [-0.2, 0) is 23.7 Å². The molecule has 1 saturated carbocycles. The summed E-state index contributed by atoms with van der Waals surface area (Å²) in [5.74, 6) is -0.289. The lowest BCUT2D eigenvalue weighted by atomic mass is 9.52. The van der Waals surface area contributed by atoms with Crippen molar-refractivity contribution in [1.29, 1.82) is 0 Å². The summed E-state index contributed by atoms with van der Waals surface area (Å²) in [7, 11) is 0. The molecule has 0 aromatic carbocycles. The van der Waals surface area contributed by atoms with Crippen LogP contribution >= 0.6 is 0 Å². The molecule has 1 spiro atoms. The Labute approximate surface area is 142 Å². The second-order valence-electron chi connectivity index (χ2n) is 8.26. The first-order chi connectivity index (χ1) is 11.4. The third-order valence-electron chi connectivity index (χ3n) is 7.45. The molecule has 0 aromatic heterocycles. The Morgan fingerprint density at radius 2 is 2.12 bits per heavy atom. The highest BCUT2D eigenvalue weighted by atomic mass is 16.6. The highest BCUT2D eigenvalue weighted by Crippen LogP contribution is 2.74. The molecule has 0 aromatic rings. The van der Waals surface area contributed by atoms with Crippen LogP contribution in [0, 0.1) is 10.8 Å². The van der Waals surface area contributed by atoms with E-state index in [9.17, 15) is 4.79 Å². The van der Waals surface area contributed by atoms with Crippen molar-refractivity contribution >= 4 is 5.97 Å². The number of ether oxygens (including phenoxy) is 4. The normalized spacial score (nSPS) is 56.7. The zero-order chi connectivity index (χ0) is 16.9. The standard InChI is InChI=1S/C19H24O5/c1-5-6-14(20)23-12-8-13-19(9-21-19)18(12,4)17(3)11(22-13)7-10(2)15-16(17)24-15/h5-7,11-13,15-16H,8-9H2,1-4H3/b6-5-/t11-,12-,13-,15+,16+,17-,18?,19+/m1/s1. The highest BCUT2D eigenvalue weighted by Gasteiger charge is 2.85. The zero-order valence-electron chi connectivity index (χ0n) is 14.6. The molecule has 3 saturated heterocycles. The Kier molecular flexibility index (Phi) is 2.72. The van der Waals surface area contributed by atoms with E-state index < -0.39 is 0 Å². The molecule has 2 bridgehead atoms. The number of allylic oxidation sites excluding steroid dienone is 1. The lowest BCUT2D eigenvalue weighted by Gasteiger charge is -2.56. The molecule has 5 rings (SSSR count). The number of carbonyl (C=O) groups excluding carboxylic acids is 1. The van der Waals surface area contributed by atoms with E-state index in [0.29, 0.717) is 13.0 Å². The molecule has 5 nitrogen and oxygen atoms in total. The number of rotatable bonds is 2. The van der Waals surface area contributed by atoms with Gasteiger partial charge < -0.3 is 18.9 Å². The molecular formula is C19H24O5. The van der Waals surface area contributed by atoms with Crippen molar-refractivity contribution < 1.29 is 23.7 Å². The van der Waals surface area contributed by atoms with E-state index in [1.807, 2.05) is 6.92 Å². The number of fused-ring (bicyclic) bond motifs is 4. The fraction of sp³-hybridized carbons (Fsp3) is 0.737. The van der Waals surface area contributed by atoms with Gasteiger partial charge in [-0.25, -0.2) is 4.79 Å². The van der Waals surface area contributed by atoms with Gasteiger partial charge in [0.15, 0.2) is 0 Å². The number of carbonyl (C=O) groups is 1. The maximum atomic E-state index is 12.1. The van der Waals surface area contributed by atoms with E-state index in [1.54, 1.807) is 6.08 Å². The maximum absolute atomic E-state index is 12.1. The Morgan fingerprint density at radius 3 is 2.79 bits per heavy atom. The van der Waals surface area contributed by atoms with Crippen LogP contribution in [-0.4, -0.2) is 48.7 Å². The van der Waals surface area contributed by atoms with Crippen molar-refractivity contribution in [2.45, 2.75) is 70.2 Å². The third kappa shape index (κ3) is 1.46. The van der Waals surface area contributed by atoms with Crippen LogP contribution in [0.4, 0.5) is 0 Å². The molecule has 2 aliphatic carbocycles. The van der Waals surface area contributed by atoms with Gasteiger partial charge in [0.05, 0.1) is 24.9 Å². The van der Waals surface area contributed by atoms with Gasteiger partial charge in [0.1, 0.15) is 17.8 Å². The first-order valence-electron chi connectivity index (χ1n) is 8.85. The van der Waals surface area contributed by atoms with Gasteiger partial charge in [0, 0.05) is 23.3 Å². The summed E-state index contributed by atoms with van der Waals surface area (Å²) in [5.41, 5.74) is 0.332. The fourth-order valence-corrected chi connectivity index (χ4v) is 5.77. The quantitative estimate of drug-likeness (QED) is 0.336. The first kappa shape index (κ1) is 15.1. The van der Waals surface area contributed by atoms with E-state index in [1.165, 1.54) is 11.6 Å². The average molecular weight is 332 g/mol. The SMILES string of the molecule is C/C=C\C(=O)O[C@@H]1C[C@H]2O[C@@H]3C=C(C)[C@@H]4O[C@@H]4[C@]3(C)C1(C)[C@]21CO1. The minimum absolute atomic E-state index is 0.0171. The number of hydrogen-bond acceptors (Lipinski definition) is 5. The summed E-state index contributed by atoms with van der Waals surface area (Å²) < 4.78 is 24.4. The molecule has 24 heavy (non-hydrogen) atoms. The minimum Gasteiger partial charge on any atom is -0.458 e. The first-order valence-corrected chi connectivity index (χ1v) is 8.85. The molecule has 5 aliphatic rings. The summed E-state index contributed by atoms with van der Waals surface area (Å²) in [6.45, 7) is 9.05. The Hall–Kier alpha value is -1.17. The van der Waals surface area contributed by atoms with Crippen molar-refractivity contribution in [1.82, 2.24) is 0 Å². The number of hydrogen-bond donors (Lipinski definition) is 0. The second-order valence-corrected chi connectivity index (χ2v) is 8.26. The van der Waals surface area contributed by atoms with Gasteiger partial charge in [-0.1, -0.05) is 26.0 Å². The van der Waals surface area contributed by atoms with Crippen LogP contribution < -0.4 is 0 Å². The lowest BCUT2D eigenvalue weighted by Crippen LogP contribution is -2.66. The van der Waals surface area contributed by atoms with Gasteiger partial charge in [-0.05, 0) is 19.4 Å². The maximum Gasteiger partial charge on any atom is 0.330 e. The summed E-state index contributed by atoms with van der Waals surface area (Å²) in [6.07, 6.45) is 6.12. The predicted molar refractivity (Wildman–Crippen MR) is 85.3 cm³/mol. The summed E-state index contributed by atoms with van der Waals surface area (Å²) in [5, 5.41) is 0. The molecule has 130 valence electrons. The van der Waals surface area contributed by atoms with Crippen LogP contribution in [0.1, 0.15) is 34.1 Å². The Balaban J connectivity index is 1.60. The largest absolute Gasteiger partial charge is 0.458 e. The van der Waals surface area contributed by atoms with Crippen molar-refractivity contribution in [3.63, 3.8) is 0 Å². The van der Waals surface area contributed by atoms with Gasteiger partial charge in [0.2, 0.25) is 0 Å². The molecule has 1 unspecified atom stereocenters. The van der Waals surface area contributed by atoms with Crippen molar-refractivity contribution in [2.75, 3.05) is 6.61 Å². The van der Waals surface area contributed by atoms with Crippen LogP contribution in [0.5, 0.6) is 0 Å². The predicted octanol–water partition coefficient (Wildman–Crippen LogP) is 2.15. The summed E-state index contributed by atoms with van der Waals surface area (Å²) >= 11 is 0. The topological polar surface area (TPSA) is 60.6 Å². The van der Waals surface area contributed by atoms with E-state index in [0.717, 1.165) is 0 Å². The molecule has 0 amide bonds. The monoisotopic (exact) mass is 332 g/mol. The molecule has 4 fully saturated rings. The minimum atomic E-state index is -0.339. The van der Waals surface area contributed by atoms with E-state index in [4.69, 9.17) is 18.9 Å². The highest BCUT2D eigenvalue weighted by molar-refractivity contribution is 5.82. The average Bonchev–Trinajstić information content (AvgIpc) is 3.40. The summed E-state index contributed by atoms with van der Waals surface area (Å²) in [4.78, 5) is 12.1. The van der Waals surface area contributed by atoms with Crippen molar-refractivity contribution in [3.8, 4) is 0 Å². The molecule has 3 heterocycles. The van der Waals surface area contributed by atoms with Gasteiger partial charge in [-0.3, -0.25) is 0 Å². The van der Waals surface area contributed by atoms with Crippen LogP contribution in [0.3, 0.4) is 0 Å². The smallest absolute Gasteiger partial charge is 0.330 e. The second kappa shape index (κ2) is 4.32. The molecule has 0 N–H and O–H groups in total. The molecule has 5 heteroatoms. The van der Waals surface area contributed by atoms with Gasteiger partial charge in [0.25, 0.3) is 0 Å². The van der Waals surface area contributed by atoms with Crippen LogP contribution in [0.2, 0.25) is 0 Å². The molecule has 0 radical (unpaired) electrons. The van der Waals surface area contributed by atoms with E-state index in [2.05, 4.69) is 26.8 Å². The molecule has 3 aliphatic heterocycles. The Morgan fingerprint density at radius 1 is 1.38 bits per heavy atom. The van der Waals surface area contributed by atoms with E-state index >= 15 is 0 Å². The number of epoxide rings is 2. The fourth-order valence-electron chi connectivity index (χ4n) is 5.77. The van der Waals surface area contributed by atoms with Crippen LogP contribution in [0.15, 0.2) is 23.8 Å². The molecular weight excluding hydrogens is 308 g/mol. The van der Waals surface area contributed by atoms with Crippen molar-refractivity contribution in [2.24, 2.45) is 10.8 Å². The van der Waals surface area contributed by atoms with Crippen molar-refractivity contribution in [3.05, 3.63) is 23.8 Å². The Bertz CT molecular complexity index is 677. The van der Waals surface area contributed by atoms with Gasteiger partial charge in [-0.15, -0.1) is 0 Å². The van der Waals surface area contributed by atoms with Gasteiger partial charge >= 0.3 is 5.97 Å². The van der Waals surface area contributed by atoms with E-state index in [-0.39, 0.29) is 52.9 Å². The third-order valence-corrected chi connectivity index (χ3v) is 7.45. The summed E-state index contributed by atoms with van der Waals surface area (Å²) in [6, 6.07) is 0. The number of esters is 1.